The Morgan fingerprint density at radius 3 is 2.92 bits per heavy atom. The molecule has 0 fully saturated rings. The van der Waals surface area contributed by atoms with E-state index in [1.807, 2.05) is 0 Å². The minimum atomic E-state index is 1.09. The zero-order chi connectivity index (χ0) is 8.81. The molecule has 0 saturated heterocycles. The second-order valence-electron chi connectivity index (χ2n) is 2.89. The maximum absolute atomic E-state index is 5.23. The molecule has 1 aromatic rings. The standard InChI is InChI=1S/C10H16OS/c1-3-4-5-6-9-7-8-12-10(9)11-2/h7-8H,3-6H2,1-2H3. The van der Waals surface area contributed by atoms with Crippen molar-refractivity contribution in [3.05, 3.63) is 17.0 Å². The van der Waals surface area contributed by atoms with Gasteiger partial charge >= 0.3 is 0 Å². The Balaban J connectivity index is 2.39. The van der Waals surface area contributed by atoms with Crippen molar-refractivity contribution in [1.82, 2.24) is 0 Å². The van der Waals surface area contributed by atoms with Crippen molar-refractivity contribution in [2.75, 3.05) is 7.11 Å². The first-order chi connectivity index (χ1) is 5.88. The molecule has 0 amide bonds. The quantitative estimate of drug-likeness (QED) is 0.636. The number of rotatable bonds is 5. The monoisotopic (exact) mass is 184 g/mol. The smallest absolute Gasteiger partial charge is 0.176 e. The van der Waals surface area contributed by atoms with E-state index < -0.39 is 0 Å². The van der Waals surface area contributed by atoms with E-state index in [1.165, 1.54) is 31.2 Å². The van der Waals surface area contributed by atoms with Crippen LogP contribution in [0.5, 0.6) is 5.06 Å². The zero-order valence-corrected chi connectivity index (χ0v) is 8.62. The van der Waals surface area contributed by atoms with Crippen LogP contribution in [0.25, 0.3) is 0 Å². The van der Waals surface area contributed by atoms with E-state index >= 15 is 0 Å². The van der Waals surface area contributed by atoms with Gasteiger partial charge in [0.15, 0.2) is 5.06 Å². The van der Waals surface area contributed by atoms with Crippen LogP contribution in [0.1, 0.15) is 31.7 Å². The van der Waals surface area contributed by atoms with E-state index in [4.69, 9.17) is 4.74 Å². The van der Waals surface area contributed by atoms with Gasteiger partial charge < -0.3 is 4.74 Å². The van der Waals surface area contributed by atoms with Crippen molar-refractivity contribution in [2.45, 2.75) is 32.6 Å². The summed E-state index contributed by atoms with van der Waals surface area (Å²) < 4.78 is 5.23. The van der Waals surface area contributed by atoms with Crippen LogP contribution in [-0.4, -0.2) is 7.11 Å². The number of aryl methyl sites for hydroxylation is 1. The maximum atomic E-state index is 5.23. The molecule has 0 aromatic carbocycles. The van der Waals surface area contributed by atoms with E-state index in [9.17, 15) is 0 Å². The Kier molecular flexibility index (Phi) is 4.15. The van der Waals surface area contributed by atoms with Crippen LogP contribution < -0.4 is 4.74 Å². The van der Waals surface area contributed by atoms with Gasteiger partial charge in [0.1, 0.15) is 0 Å². The number of ether oxygens (including phenoxy) is 1. The third-order valence-electron chi connectivity index (χ3n) is 1.94. The molecule has 0 aliphatic heterocycles. The summed E-state index contributed by atoms with van der Waals surface area (Å²) in [6.07, 6.45) is 5.05. The summed E-state index contributed by atoms with van der Waals surface area (Å²) in [5.74, 6) is 0. The Labute approximate surface area is 78.4 Å². The first kappa shape index (κ1) is 9.59. The van der Waals surface area contributed by atoms with E-state index in [-0.39, 0.29) is 0 Å². The molecule has 0 N–H and O–H groups in total. The van der Waals surface area contributed by atoms with Crippen molar-refractivity contribution in [1.29, 1.82) is 0 Å². The predicted molar refractivity (Wildman–Crippen MR) is 54.1 cm³/mol. The summed E-state index contributed by atoms with van der Waals surface area (Å²) in [6, 6.07) is 2.17. The van der Waals surface area contributed by atoms with Crippen LogP contribution in [-0.2, 0) is 6.42 Å². The molecule has 1 rings (SSSR count). The van der Waals surface area contributed by atoms with Gasteiger partial charge in [0.05, 0.1) is 7.11 Å². The third-order valence-corrected chi connectivity index (χ3v) is 2.86. The van der Waals surface area contributed by atoms with Gasteiger partial charge in [-0.25, -0.2) is 0 Å². The summed E-state index contributed by atoms with van der Waals surface area (Å²) in [4.78, 5) is 0. The van der Waals surface area contributed by atoms with E-state index in [0.29, 0.717) is 0 Å². The highest BCUT2D eigenvalue weighted by atomic mass is 32.1. The summed E-state index contributed by atoms with van der Waals surface area (Å²) in [5.41, 5.74) is 1.37. The first-order valence-electron chi connectivity index (χ1n) is 4.48. The Morgan fingerprint density at radius 2 is 2.25 bits per heavy atom. The summed E-state index contributed by atoms with van der Waals surface area (Å²) >= 11 is 1.69. The maximum Gasteiger partial charge on any atom is 0.176 e. The molecule has 12 heavy (non-hydrogen) atoms. The molecule has 0 atom stereocenters. The molecule has 0 aliphatic carbocycles. The summed E-state index contributed by atoms with van der Waals surface area (Å²) in [5, 5.41) is 3.19. The molecule has 1 heterocycles. The van der Waals surface area contributed by atoms with Gasteiger partial charge in [0, 0.05) is 5.56 Å². The molecule has 0 aliphatic rings. The highest BCUT2D eigenvalue weighted by molar-refractivity contribution is 7.12. The van der Waals surface area contributed by atoms with Crippen molar-refractivity contribution in [2.24, 2.45) is 0 Å². The Hall–Kier alpha value is -0.500. The number of thiophene rings is 1. The van der Waals surface area contributed by atoms with Gasteiger partial charge in [0.25, 0.3) is 0 Å². The minimum absolute atomic E-state index is 1.09. The molecule has 1 aromatic heterocycles. The van der Waals surface area contributed by atoms with Gasteiger partial charge in [-0.3, -0.25) is 0 Å². The molecule has 68 valence electrons. The van der Waals surface area contributed by atoms with Gasteiger partial charge in [-0.05, 0) is 24.3 Å². The molecule has 0 bridgehead atoms. The van der Waals surface area contributed by atoms with Gasteiger partial charge in [-0.15, -0.1) is 11.3 Å². The zero-order valence-electron chi connectivity index (χ0n) is 7.80. The van der Waals surface area contributed by atoms with E-state index in [0.717, 1.165) is 5.06 Å². The molecule has 0 spiro atoms. The topological polar surface area (TPSA) is 9.23 Å². The molecule has 0 unspecified atom stereocenters. The summed E-state index contributed by atoms with van der Waals surface area (Å²) in [7, 11) is 1.75. The van der Waals surface area contributed by atoms with Gasteiger partial charge in [0.2, 0.25) is 0 Å². The fourth-order valence-corrected chi connectivity index (χ4v) is 2.03. The lowest BCUT2D eigenvalue weighted by molar-refractivity contribution is 0.421. The Morgan fingerprint density at radius 1 is 1.42 bits per heavy atom. The highest BCUT2D eigenvalue weighted by Crippen LogP contribution is 2.26. The molecule has 0 saturated carbocycles. The van der Waals surface area contributed by atoms with Crippen LogP contribution >= 0.6 is 11.3 Å². The van der Waals surface area contributed by atoms with Crippen molar-refractivity contribution in [3.63, 3.8) is 0 Å². The average molecular weight is 184 g/mol. The fraction of sp³-hybridized carbons (Fsp3) is 0.600. The number of methoxy groups -OCH3 is 1. The molecule has 0 radical (unpaired) electrons. The third kappa shape index (κ3) is 2.52. The SMILES string of the molecule is CCCCCc1ccsc1OC. The van der Waals surface area contributed by atoms with Crippen molar-refractivity contribution >= 4 is 11.3 Å². The lowest BCUT2D eigenvalue weighted by Gasteiger charge is -2.00. The van der Waals surface area contributed by atoms with Gasteiger partial charge in [-0.2, -0.15) is 0 Å². The normalized spacial score (nSPS) is 10.2. The number of hydrogen-bond donors (Lipinski definition) is 0. The van der Waals surface area contributed by atoms with Gasteiger partial charge in [-0.1, -0.05) is 19.8 Å². The fourth-order valence-electron chi connectivity index (χ4n) is 1.25. The second kappa shape index (κ2) is 5.20. The first-order valence-corrected chi connectivity index (χ1v) is 5.36. The van der Waals surface area contributed by atoms with E-state index in [1.54, 1.807) is 18.4 Å². The van der Waals surface area contributed by atoms with Crippen LogP contribution in [0.3, 0.4) is 0 Å². The van der Waals surface area contributed by atoms with E-state index in [2.05, 4.69) is 18.4 Å². The second-order valence-corrected chi connectivity index (χ2v) is 3.77. The van der Waals surface area contributed by atoms with Crippen LogP contribution in [0, 0.1) is 0 Å². The predicted octanol–water partition coefficient (Wildman–Crippen LogP) is 3.49. The Bertz CT molecular complexity index is 217. The lowest BCUT2D eigenvalue weighted by atomic mass is 10.1. The highest BCUT2D eigenvalue weighted by Gasteiger charge is 2.02. The minimum Gasteiger partial charge on any atom is -0.487 e. The average Bonchev–Trinajstić information content (AvgIpc) is 2.52. The van der Waals surface area contributed by atoms with Crippen LogP contribution in [0.2, 0.25) is 0 Å². The largest absolute Gasteiger partial charge is 0.487 e. The molecule has 2 heteroatoms. The lowest BCUT2D eigenvalue weighted by Crippen LogP contribution is -1.87. The number of unbranched alkanes of at least 4 members (excludes halogenated alkanes) is 2. The van der Waals surface area contributed by atoms with Crippen LogP contribution in [0.4, 0.5) is 0 Å². The molecule has 1 nitrogen and oxygen atoms in total. The van der Waals surface area contributed by atoms with Crippen molar-refractivity contribution in [3.8, 4) is 5.06 Å². The molecular weight excluding hydrogens is 168 g/mol. The summed E-state index contributed by atoms with van der Waals surface area (Å²) in [6.45, 7) is 2.23. The molecular formula is C10H16OS. The number of hydrogen-bond acceptors (Lipinski definition) is 2. The van der Waals surface area contributed by atoms with Crippen molar-refractivity contribution < 1.29 is 4.74 Å². The van der Waals surface area contributed by atoms with Crippen LogP contribution in [0.15, 0.2) is 11.4 Å².